The molecule has 12 rings (SSSR count). The van der Waals surface area contributed by atoms with Crippen molar-refractivity contribution in [3.63, 3.8) is 0 Å². The van der Waals surface area contributed by atoms with Gasteiger partial charge in [-0.15, -0.1) is 0 Å². The van der Waals surface area contributed by atoms with Gasteiger partial charge in [-0.05, 0) is 132 Å². The highest BCUT2D eigenvalue weighted by atomic mass is 16.5. The van der Waals surface area contributed by atoms with Crippen molar-refractivity contribution in [1.29, 1.82) is 0 Å². The Morgan fingerprint density at radius 1 is 0.691 bits per heavy atom. The largest absolute Gasteiger partial charge is 0.497 e. The average Bonchev–Trinajstić information content (AvgIpc) is 3.90. The molecule has 4 unspecified atom stereocenters. The first kappa shape index (κ1) is 42.7. The number of likely N-dealkylation sites (N-methyl/N-ethyl adjacent to an activating group) is 1. The molecule has 68 heavy (non-hydrogen) atoms. The Morgan fingerprint density at radius 3 is 2.04 bits per heavy atom. The van der Waals surface area contributed by atoms with E-state index in [1.54, 1.807) is 28.4 Å². The summed E-state index contributed by atoms with van der Waals surface area (Å²) in [5.74, 6) is 4.35. The second-order valence-electron chi connectivity index (χ2n) is 19.6. The standard InChI is InChI=1S/C58H61N5O5/c1-58-24-10-9-12-46(58)45-32-49-42-33-51(66-5)50(65-4)29-37(42)22-26-63(49)57(55(45)60-58)35-14-18-39(19-15-35)61(2)27-28-68-53-30-38-23-25-62-48(43(38)34-52(53)67-6)31-44-41-11-7-8-13-47(41)59-54(44)56(62)36-16-20-40(64-3)21-17-36/h7-21,24,29-30,33-34,46,48-49,56-57,59-60H,22-23,25-28,31-32H2,1-6H3/t46?,48-,49-,56?,57?,58?/m0/s1. The lowest BCUT2D eigenvalue weighted by atomic mass is 9.74. The lowest BCUT2D eigenvalue weighted by molar-refractivity contribution is 0.123. The zero-order valence-electron chi connectivity index (χ0n) is 40.0. The number of fused-ring (bicyclic) bond motifs is 11. The number of allylic oxidation sites excluding steroid dienone is 2. The summed E-state index contributed by atoms with van der Waals surface area (Å²) in [7, 11) is 9.10. The Balaban J connectivity index is 0.780. The van der Waals surface area contributed by atoms with Gasteiger partial charge < -0.3 is 38.9 Å². The number of para-hydroxylation sites is 1. The third-order valence-electron chi connectivity index (χ3n) is 16.1. The monoisotopic (exact) mass is 907 g/mol. The lowest BCUT2D eigenvalue weighted by Gasteiger charge is -2.47. The van der Waals surface area contributed by atoms with Crippen LogP contribution in [-0.4, -0.2) is 82.1 Å². The van der Waals surface area contributed by atoms with Crippen LogP contribution in [0.4, 0.5) is 5.69 Å². The normalized spacial score (nSPS) is 24.4. The molecule has 1 aliphatic carbocycles. The van der Waals surface area contributed by atoms with E-state index in [1.807, 2.05) is 0 Å². The van der Waals surface area contributed by atoms with Gasteiger partial charge in [-0.1, -0.05) is 66.8 Å². The molecule has 10 nitrogen and oxygen atoms in total. The van der Waals surface area contributed by atoms with Gasteiger partial charge in [-0.3, -0.25) is 9.80 Å². The molecular weight excluding hydrogens is 847 g/mol. The van der Waals surface area contributed by atoms with Crippen molar-refractivity contribution in [3.05, 3.63) is 177 Å². The number of hydrogen-bond acceptors (Lipinski definition) is 9. The molecule has 6 atom stereocenters. The van der Waals surface area contributed by atoms with E-state index < -0.39 is 0 Å². The number of nitrogens with zero attached hydrogens (tertiary/aromatic N) is 3. The quantitative estimate of drug-likeness (QED) is 0.132. The predicted octanol–water partition coefficient (Wildman–Crippen LogP) is 10.4. The highest BCUT2D eigenvalue weighted by Gasteiger charge is 2.51. The topological polar surface area (TPSA) is 83.7 Å². The lowest BCUT2D eigenvalue weighted by Crippen LogP contribution is -2.45. The Hall–Kier alpha value is -6.62. The van der Waals surface area contributed by atoms with Gasteiger partial charge in [-0.25, -0.2) is 0 Å². The van der Waals surface area contributed by atoms with E-state index in [0.717, 1.165) is 79.8 Å². The van der Waals surface area contributed by atoms with Crippen molar-refractivity contribution in [2.75, 3.05) is 66.6 Å². The summed E-state index contributed by atoms with van der Waals surface area (Å²) in [5.41, 5.74) is 15.7. The summed E-state index contributed by atoms with van der Waals surface area (Å²) in [5, 5.41) is 5.37. The van der Waals surface area contributed by atoms with Gasteiger partial charge in [0.25, 0.3) is 0 Å². The Morgan fingerprint density at radius 2 is 1.32 bits per heavy atom. The summed E-state index contributed by atoms with van der Waals surface area (Å²) in [6.07, 6.45) is 12.9. The van der Waals surface area contributed by atoms with Crippen molar-refractivity contribution in [1.82, 2.24) is 20.1 Å². The van der Waals surface area contributed by atoms with Crippen LogP contribution in [0.3, 0.4) is 0 Å². The molecule has 0 spiro atoms. The minimum Gasteiger partial charge on any atom is -0.497 e. The van der Waals surface area contributed by atoms with Crippen molar-refractivity contribution in [2.24, 2.45) is 5.92 Å². The maximum Gasteiger partial charge on any atom is 0.161 e. The molecule has 0 radical (unpaired) electrons. The number of ether oxygens (including phenoxy) is 5. The number of hydrogen-bond donors (Lipinski definition) is 2. The van der Waals surface area contributed by atoms with E-state index >= 15 is 0 Å². The predicted molar refractivity (Wildman–Crippen MR) is 269 cm³/mol. The maximum absolute atomic E-state index is 6.63. The van der Waals surface area contributed by atoms with Crippen molar-refractivity contribution in [3.8, 4) is 28.7 Å². The third-order valence-corrected chi connectivity index (χ3v) is 16.1. The first-order chi connectivity index (χ1) is 33.3. The Kier molecular flexibility index (Phi) is 10.6. The van der Waals surface area contributed by atoms with E-state index in [0.29, 0.717) is 12.5 Å². The van der Waals surface area contributed by atoms with Crippen molar-refractivity contribution >= 4 is 16.6 Å². The number of anilines is 1. The van der Waals surface area contributed by atoms with Crippen LogP contribution in [0.5, 0.6) is 28.7 Å². The van der Waals surface area contributed by atoms with Crippen LogP contribution >= 0.6 is 0 Å². The van der Waals surface area contributed by atoms with Crippen LogP contribution in [0.2, 0.25) is 0 Å². The van der Waals surface area contributed by atoms with Crippen LogP contribution < -0.4 is 33.9 Å². The van der Waals surface area contributed by atoms with Gasteiger partial charge in [0.2, 0.25) is 0 Å². The van der Waals surface area contributed by atoms with Gasteiger partial charge in [0.05, 0.1) is 52.6 Å². The molecule has 0 amide bonds. The molecule has 5 aromatic carbocycles. The maximum atomic E-state index is 6.63. The molecule has 0 saturated carbocycles. The number of nitrogens with one attached hydrogen (secondary N) is 2. The summed E-state index contributed by atoms with van der Waals surface area (Å²) >= 11 is 0. The minimum absolute atomic E-state index is 0.0924. The molecule has 2 N–H and O–H groups in total. The van der Waals surface area contributed by atoms with Gasteiger partial charge in [0, 0.05) is 66.1 Å². The third kappa shape index (κ3) is 6.89. The Labute approximate surface area is 399 Å². The van der Waals surface area contributed by atoms with Crippen LogP contribution in [0.15, 0.2) is 133 Å². The number of rotatable bonds is 11. The summed E-state index contributed by atoms with van der Waals surface area (Å²) in [6, 6.07) is 36.1. The molecule has 6 aliphatic rings. The van der Waals surface area contributed by atoms with Gasteiger partial charge >= 0.3 is 0 Å². The van der Waals surface area contributed by atoms with Crippen molar-refractivity contribution in [2.45, 2.75) is 62.3 Å². The Bertz CT molecular complexity index is 3010. The van der Waals surface area contributed by atoms with Crippen LogP contribution in [0, 0.1) is 5.92 Å². The fourth-order valence-electron chi connectivity index (χ4n) is 12.7. The molecule has 0 bridgehead atoms. The van der Waals surface area contributed by atoms with E-state index in [4.69, 9.17) is 23.7 Å². The summed E-state index contributed by atoms with van der Waals surface area (Å²) < 4.78 is 29.9. The highest BCUT2D eigenvalue weighted by molar-refractivity contribution is 5.85. The number of H-pyrrole nitrogens is 1. The molecule has 1 aromatic heterocycles. The number of benzene rings is 5. The van der Waals surface area contributed by atoms with E-state index in [-0.39, 0.29) is 29.7 Å². The molecule has 6 heterocycles. The van der Waals surface area contributed by atoms with E-state index in [1.165, 1.54) is 66.8 Å². The highest BCUT2D eigenvalue weighted by Crippen LogP contribution is 2.56. The smallest absolute Gasteiger partial charge is 0.161 e. The molecule has 0 fully saturated rings. The van der Waals surface area contributed by atoms with Crippen LogP contribution in [0.25, 0.3) is 10.9 Å². The van der Waals surface area contributed by atoms with Gasteiger partial charge in [0.1, 0.15) is 12.4 Å². The first-order valence-electron chi connectivity index (χ1n) is 24.3. The van der Waals surface area contributed by atoms with E-state index in [9.17, 15) is 0 Å². The number of methoxy groups -OCH3 is 4. The second kappa shape index (κ2) is 16.9. The van der Waals surface area contributed by atoms with Gasteiger partial charge in [0.15, 0.2) is 23.0 Å². The molecule has 0 saturated heterocycles. The molecule has 5 aliphatic heterocycles. The molecule has 10 heteroatoms. The number of aromatic nitrogens is 1. The molecule has 6 aromatic rings. The minimum atomic E-state index is -0.146. The fourth-order valence-corrected chi connectivity index (χ4v) is 12.7. The molecular formula is C58H61N5O5. The van der Waals surface area contributed by atoms with Crippen LogP contribution in [-0.2, 0) is 19.3 Å². The fraction of sp³-hybridized carbons (Fsp3) is 0.345. The number of aromatic amines is 1. The van der Waals surface area contributed by atoms with Crippen molar-refractivity contribution < 1.29 is 23.7 Å². The van der Waals surface area contributed by atoms with Gasteiger partial charge in [-0.2, -0.15) is 0 Å². The second-order valence-corrected chi connectivity index (χ2v) is 19.6. The summed E-state index contributed by atoms with van der Waals surface area (Å²) in [6.45, 7) is 5.48. The SMILES string of the molecule is COc1ccc(C2c3[nH]c4ccccc4c3C[C@H]3c4cc(OC)c(OCCN(C)c5ccc(C6C7=C(C[C@H]8c9cc(OC)c(OC)cc9CCN68)C6C=CC=CC6(C)N7)cc5)cc4CCN23)cc1. The zero-order chi connectivity index (χ0) is 46.3. The summed E-state index contributed by atoms with van der Waals surface area (Å²) in [4.78, 5) is 11.5. The molecule has 348 valence electrons. The van der Waals surface area contributed by atoms with Crippen LogP contribution in [0.1, 0.15) is 82.2 Å². The van der Waals surface area contributed by atoms with E-state index in [2.05, 4.69) is 160 Å². The first-order valence-corrected chi connectivity index (χ1v) is 24.3. The average molecular weight is 908 g/mol. The zero-order valence-corrected chi connectivity index (χ0v) is 40.0.